The van der Waals surface area contributed by atoms with E-state index in [0.717, 1.165) is 5.56 Å². The number of aromatic amines is 1. The van der Waals surface area contributed by atoms with Crippen molar-refractivity contribution in [2.75, 3.05) is 11.6 Å². The molecular weight excluding hydrogens is 429 g/mol. The minimum absolute atomic E-state index is 0.216. The normalized spacial score (nSPS) is 14.6. The summed E-state index contributed by atoms with van der Waals surface area (Å²) in [7, 11) is -2.97. The lowest BCUT2D eigenvalue weighted by molar-refractivity contribution is 0.675. The van der Waals surface area contributed by atoms with E-state index in [-0.39, 0.29) is 5.03 Å². The highest BCUT2D eigenvalue weighted by Gasteiger charge is 2.23. The molecule has 6 nitrogen and oxygen atoms in total. The van der Waals surface area contributed by atoms with Gasteiger partial charge in [0.15, 0.2) is 5.03 Å². The average molecular weight is 445 g/mol. The molecule has 0 fully saturated rings. The van der Waals surface area contributed by atoms with Crippen molar-refractivity contribution in [2.24, 2.45) is 0 Å². The summed E-state index contributed by atoms with van der Waals surface area (Å²) in [5, 5.41) is 4.82. The van der Waals surface area contributed by atoms with Crippen molar-refractivity contribution in [1.29, 1.82) is 4.78 Å². The molecule has 2 atom stereocenters. The molecule has 0 radical (unpaired) electrons. The van der Waals surface area contributed by atoms with Crippen LogP contribution in [0.5, 0.6) is 0 Å². The second-order valence-corrected chi connectivity index (χ2v) is 9.33. The van der Waals surface area contributed by atoms with E-state index in [1.54, 1.807) is 31.2 Å². The summed E-state index contributed by atoms with van der Waals surface area (Å²) >= 11 is 18.1. The number of rotatable bonds is 5. The molecule has 0 spiro atoms. The van der Waals surface area contributed by atoms with E-state index in [9.17, 15) is 4.21 Å². The Morgan fingerprint density at radius 1 is 1.19 bits per heavy atom. The Morgan fingerprint density at radius 2 is 1.93 bits per heavy atom. The van der Waals surface area contributed by atoms with E-state index in [1.807, 2.05) is 6.07 Å². The summed E-state index contributed by atoms with van der Waals surface area (Å²) in [5.74, 6) is 1.05. The molecule has 3 N–H and O–H groups in total. The Hall–Kier alpha value is -1.80. The zero-order valence-corrected chi connectivity index (χ0v) is 17.5. The van der Waals surface area contributed by atoms with Crippen LogP contribution in [0.15, 0.2) is 41.6 Å². The number of benzene rings is 1. The van der Waals surface area contributed by atoms with E-state index in [0.29, 0.717) is 32.4 Å². The van der Waals surface area contributed by atoms with Gasteiger partial charge >= 0.3 is 0 Å². The number of halogens is 3. The SMILES string of the molecule is Cc1[nH]c(C(Nc2ccc(Cl)cn2)c2ccc(Cl)c(Cl)c2)nc1S(C)(=N)=O. The van der Waals surface area contributed by atoms with Crippen molar-refractivity contribution in [2.45, 2.75) is 18.0 Å². The predicted octanol–water partition coefficient (Wildman–Crippen LogP) is 5.31. The van der Waals surface area contributed by atoms with Crippen LogP contribution in [-0.2, 0) is 9.73 Å². The second-order valence-electron chi connectivity index (χ2n) is 6.01. The Morgan fingerprint density at radius 3 is 2.48 bits per heavy atom. The van der Waals surface area contributed by atoms with Gasteiger partial charge in [0.25, 0.3) is 0 Å². The lowest BCUT2D eigenvalue weighted by Crippen LogP contribution is -2.15. The fraction of sp³-hybridized carbons (Fsp3) is 0.176. The Bertz CT molecular complexity index is 1080. The van der Waals surface area contributed by atoms with Crippen molar-refractivity contribution in [1.82, 2.24) is 15.0 Å². The second kappa shape index (κ2) is 7.67. The van der Waals surface area contributed by atoms with E-state index in [2.05, 4.69) is 20.3 Å². The Balaban J connectivity index is 2.09. The largest absolute Gasteiger partial charge is 0.356 e. The van der Waals surface area contributed by atoms with Crippen LogP contribution in [0.4, 0.5) is 5.82 Å². The summed E-state index contributed by atoms with van der Waals surface area (Å²) < 4.78 is 20.0. The van der Waals surface area contributed by atoms with Crippen molar-refractivity contribution in [3.63, 3.8) is 0 Å². The highest BCUT2D eigenvalue weighted by molar-refractivity contribution is 7.91. The number of imidazole rings is 1. The fourth-order valence-electron chi connectivity index (χ4n) is 2.59. The summed E-state index contributed by atoms with van der Waals surface area (Å²) in [6, 6.07) is 8.18. The first-order valence-electron chi connectivity index (χ1n) is 7.78. The number of nitrogens with zero attached hydrogens (tertiary/aromatic N) is 2. The number of hydrogen-bond acceptors (Lipinski definition) is 5. The van der Waals surface area contributed by atoms with Gasteiger partial charge in [0.05, 0.1) is 24.8 Å². The number of aromatic nitrogens is 3. The van der Waals surface area contributed by atoms with Gasteiger partial charge in [-0.2, -0.15) is 0 Å². The summed E-state index contributed by atoms with van der Waals surface area (Å²) in [5.41, 5.74) is 1.34. The van der Waals surface area contributed by atoms with Gasteiger partial charge in [-0.15, -0.1) is 0 Å². The van der Waals surface area contributed by atoms with E-state index in [1.165, 1.54) is 12.5 Å². The van der Waals surface area contributed by atoms with Gasteiger partial charge in [-0.3, -0.25) is 0 Å². The maximum Gasteiger partial charge on any atom is 0.156 e. The van der Waals surface area contributed by atoms with Gasteiger partial charge < -0.3 is 10.3 Å². The van der Waals surface area contributed by atoms with Crippen molar-refractivity contribution >= 4 is 50.3 Å². The predicted molar refractivity (Wildman–Crippen MR) is 110 cm³/mol. The van der Waals surface area contributed by atoms with E-state index >= 15 is 0 Å². The zero-order chi connectivity index (χ0) is 19.8. The minimum atomic E-state index is -2.97. The highest BCUT2D eigenvalue weighted by atomic mass is 35.5. The van der Waals surface area contributed by atoms with Crippen LogP contribution in [0.25, 0.3) is 0 Å². The van der Waals surface area contributed by atoms with Crippen molar-refractivity contribution < 1.29 is 4.21 Å². The third-order valence-electron chi connectivity index (χ3n) is 3.80. The van der Waals surface area contributed by atoms with E-state index in [4.69, 9.17) is 39.6 Å². The first-order valence-corrected chi connectivity index (χ1v) is 10.9. The molecule has 0 aliphatic carbocycles. The third-order valence-corrected chi connectivity index (χ3v) is 5.90. The molecule has 0 aliphatic heterocycles. The number of nitrogens with one attached hydrogen (secondary N) is 3. The monoisotopic (exact) mass is 443 g/mol. The molecule has 2 heterocycles. The number of aryl methyl sites for hydroxylation is 1. The van der Waals surface area contributed by atoms with E-state index < -0.39 is 15.8 Å². The molecule has 27 heavy (non-hydrogen) atoms. The molecule has 2 unspecified atom stereocenters. The lowest BCUT2D eigenvalue weighted by atomic mass is 10.1. The van der Waals surface area contributed by atoms with Gasteiger partial charge in [-0.1, -0.05) is 40.9 Å². The van der Waals surface area contributed by atoms with Crippen molar-refractivity contribution in [3.8, 4) is 0 Å². The summed E-state index contributed by atoms with van der Waals surface area (Å²) in [6.45, 7) is 1.73. The quantitative estimate of drug-likeness (QED) is 0.497. The zero-order valence-electron chi connectivity index (χ0n) is 14.4. The molecule has 2 aromatic heterocycles. The first kappa shape index (κ1) is 19.9. The van der Waals surface area contributed by atoms with Crippen LogP contribution in [0, 0.1) is 11.7 Å². The first-order chi connectivity index (χ1) is 12.6. The molecular formula is C17H16Cl3N5OS. The minimum Gasteiger partial charge on any atom is -0.356 e. The van der Waals surface area contributed by atoms with Crippen LogP contribution in [0.1, 0.15) is 23.1 Å². The Kier molecular flexibility index (Phi) is 5.67. The molecule has 1 aromatic carbocycles. The van der Waals surface area contributed by atoms with Crippen LogP contribution < -0.4 is 5.32 Å². The molecule has 3 aromatic rings. The molecule has 10 heteroatoms. The molecule has 3 rings (SSSR count). The van der Waals surface area contributed by atoms with Gasteiger partial charge in [-0.05, 0) is 36.8 Å². The fourth-order valence-corrected chi connectivity index (χ4v) is 3.92. The standard InChI is InChI=1S/C17H16Cl3N5OS/c1-9-17(27(2,21)26)25-16(23-9)15(10-3-5-12(19)13(20)7-10)24-14-6-4-11(18)8-22-14/h3-8,15,21H,1-2H3,(H,22,24)(H,23,25). The average Bonchev–Trinajstić information content (AvgIpc) is 2.99. The molecule has 142 valence electrons. The smallest absolute Gasteiger partial charge is 0.156 e. The molecule has 0 bridgehead atoms. The Labute approximate surface area is 172 Å². The molecule has 0 saturated heterocycles. The highest BCUT2D eigenvalue weighted by Crippen LogP contribution is 2.31. The topological polar surface area (TPSA) is 94.5 Å². The number of anilines is 1. The summed E-state index contributed by atoms with van der Waals surface area (Å²) in [4.78, 5) is 11.8. The molecule has 0 aliphatic rings. The number of pyridine rings is 1. The molecule has 0 saturated carbocycles. The summed E-state index contributed by atoms with van der Waals surface area (Å²) in [6.07, 6.45) is 2.86. The van der Waals surface area contributed by atoms with Crippen LogP contribution in [0.3, 0.4) is 0 Å². The number of H-pyrrole nitrogens is 1. The number of hydrogen-bond donors (Lipinski definition) is 3. The lowest BCUT2D eigenvalue weighted by Gasteiger charge is -2.18. The van der Waals surface area contributed by atoms with Gasteiger partial charge in [0, 0.05) is 18.1 Å². The maximum atomic E-state index is 12.2. The van der Waals surface area contributed by atoms with Crippen LogP contribution >= 0.6 is 34.8 Å². The van der Waals surface area contributed by atoms with Crippen LogP contribution in [-0.4, -0.2) is 25.4 Å². The van der Waals surface area contributed by atoms with Crippen molar-refractivity contribution in [3.05, 3.63) is 68.7 Å². The van der Waals surface area contributed by atoms with Gasteiger partial charge in [-0.25, -0.2) is 19.0 Å². The van der Waals surface area contributed by atoms with Gasteiger partial charge in [0.1, 0.15) is 17.7 Å². The van der Waals surface area contributed by atoms with Crippen LogP contribution in [0.2, 0.25) is 15.1 Å². The third kappa shape index (κ3) is 4.55. The van der Waals surface area contributed by atoms with Gasteiger partial charge in [0.2, 0.25) is 0 Å². The maximum absolute atomic E-state index is 12.2. The molecule has 0 amide bonds.